The minimum absolute atomic E-state index is 0.220. The molecule has 112 valence electrons. The number of rotatable bonds is 2. The predicted molar refractivity (Wildman–Crippen MR) is 74.4 cm³/mol. The fourth-order valence-corrected chi connectivity index (χ4v) is 3.01. The lowest BCUT2D eigenvalue weighted by molar-refractivity contribution is -0.153. The molecule has 6 heteroatoms. The number of benzene rings is 1. The molecule has 1 fully saturated rings. The van der Waals surface area contributed by atoms with Crippen molar-refractivity contribution in [2.24, 2.45) is 11.7 Å². The van der Waals surface area contributed by atoms with Gasteiger partial charge in [0, 0.05) is 19.0 Å². The smallest absolute Gasteiger partial charge is 0.326 e. The first-order valence-corrected chi connectivity index (χ1v) is 7.01. The quantitative estimate of drug-likeness (QED) is 0.799. The summed E-state index contributed by atoms with van der Waals surface area (Å²) in [4.78, 5) is 25.6. The van der Waals surface area contributed by atoms with Gasteiger partial charge in [-0.1, -0.05) is 24.3 Å². The normalized spacial score (nSPS) is 28.2. The zero-order valence-corrected chi connectivity index (χ0v) is 11.6. The second-order valence-electron chi connectivity index (χ2n) is 5.60. The van der Waals surface area contributed by atoms with Crippen molar-refractivity contribution in [2.45, 2.75) is 25.0 Å². The Morgan fingerprint density at radius 2 is 1.95 bits per heavy atom. The van der Waals surface area contributed by atoms with Crippen LogP contribution in [0.1, 0.15) is 11.1 Å². The molecule has 21 heavy (non-hydrogen) atoms. The lowest BCUT2D eigenvalue weighted by atomic mass is 9.92. The van der Waals surface area contributed by atoms with E-state index in [1.54, 1.807) is 0 Å². The maximum absolute atomic E-state index is 12.6. The minimum atomic E-state index is -0.981. The molecule has 3 unspecified atom stereocenters. The zero-order chi connectivity index (χ0) is 15.0. The molecule has 2 aliphatic rings. The topological polar surface area (TPSA) is 92.9 Å². The second kappa shape index (κ2) is 5.46. The van der Waals surface area contributed by atoms with Crippen molar-refractivity contribution in [1.29, 1.82) is 0 Å². The summed E-state index contributed by atoms with van der Waals surface area (Å²) in [6, 6.07) is 6.43. The molecule has 0 bridgehead atoms. The number of nitrogens with zero attached hydrogens (tertiary/aromatic N) is 1. The van der Waals surface area contributed by atoms with Gasteiger partial charge in [0.2, 0.25) is 5.91 Å². The van der Waals surface area contributed by atoms with Crippen LogP contribution < -0.4 is 5.73 Å². The van der Waals surface area contributed by atoms with E-state index in [4.69, 9.17) is 10.5 Å². The highest BCUT2D eigenvalue weighted by Crippen LogP contribution is 2.26. The first kappa shape index (κ1) is 14.0. The molecule has 3 atom stereocenters. The molecule has 0 spiro atoms. The van der Waals surface area contributed by atoms with Crippen molar-refractivity contribution in [1.82, 2.24) is 4.90 Å². The number of nitrogens with two attached hydrogens (primary N) is 1. The molecule has 1 amide bonds. The first-order valence-electron chi connectivity index (χ1n) is 7.01. The molecule has 0 saturated carbocycles. The number of carbonyl (C=O) groups is 2. The third-order valence-corrected chi connectivity index (χ3v) is 4.26. The van der Waals surface area contributed by atoms with E-state index >= 15 is 0 Å². The lowest BCUT2D eigenvalue weighted by Gasteiger charge is -2.36. The van der Waals surface area contributed by atoms with Crippen LogP contribution in [0.15, 0.2) is 24.3 Å². The van der Waals surface area contributed by atoms with E-state index in [-0.39, 0.29) is 18.6 Å². The van der Waals surface area contributed by atoms with Gasteiger partial charge in [-0.25, -0.2) is 4.79 Å². The fraction of sp³-hybridized carbons (Fsp3) is 0.467. The van der Waals surface area contributed by atoms with Gasteiger partial charge in [-0.15, -0.1) is 0 Å². The molecule has 6 nitrogen and oxygen atoms in total. The molecule has 1 saturated heterocycles. The standard InChI is InChI=1S/C15H18N2O4/c16-12-8-21-7-11(12)14(18)17-6-10-4-2-1-3-9(10)5-13(17)15(19)20/h1-4,11-13H,5-8,16H2,(H,19,20). The number of hydrogen-bond donors (Lipinski definition) is 2. The number of aliphatic carboxylic acids is 1. The van der Waals surface area contributed by atoms with Crippen molar-refractivity contribution < 1.29 is 19.4 Å². The second-order valence-corrected chi connectivity index (χ2v) is 5.60. The van der Waals surface area contributed by atoms with Gasteiger partial charge < -0.3 is 20.5 Å². The monoisotopic (exact) mass is 290 g/mol. The van der Waals surface area contributed by atoms with E-state index in [9.17, 15) is 14.7 Å². The van der Waals surface area contributed by atoms with Gasteiger partial charge in [-0.3, -0.25) is 4.79 Å². The fourth-order valence-electron chi connectivity index (χ4n) is 3.01. The first-order chi connectivity index (χ1) is 10.1. The Kier molecular flexibility index (Phi) is 3.65. The zero-order valence-electron chi connectivity index (χ0n) is 11.6. The number of ether oxygens (including phenoxy) is 1. The molecular weight excluding hydrogens is 272 g/mol. The number of carbonyl (C=O) groups excluding carboxylic acids is 1. The number of amides is 1. The van der Waals surface area contributed by atoms with Crippen molar-refractivity contribution in [3.63, 3.8) is 0 Å². The van der Waals surface area contributed by atoms with Crippen LogP contribution in [0, 0.1) is 5.92 Å². The van der Waals surface area contributed by atoms with Crippen molar-refractivity contribution in [3.05, 3.63) is 35.4 Å². The third-order valence-electron chi connectivity index (χ3n) is 4.26. The average molecular weight is 290 g/mol. The van der Waals surface area contributed by atoms with Crippen molar-refractivity contribution in [2.75, 3.05) is 13.2 Å². The number of hydrogen-bond acceptors (Lipinski definition) is 4. The van der Waals surface area contributed by atoms with Gasteiger partial charge in [0.25, 0.3) is 0 Å². The predicted octanol–water partition coefficient (Wildman–Crippen LogP) is -0.00180. The highest BCUT2D eigenvalue weighted by Gasteiger charge is 2.41. The Morgan fingerprint density at radius 1 is 1.24 bits per heavy atom. The summed E-state index contributed by atoms with van der Waals surface area (Å²) < 4.78 is 5.23. The molecule has 2 heterocycles. The van der Waals surface area contributed by atoms with E-state index in [2.05, 4.69) is 0 Å². The van der Waals surface area contributed by atoms with Crippen LogP contribution in [0.3, 0.4) is 0 Å². The Hall–Kier alpha value is -1.92. The molecule has 1 aromatic carbocycles. The summed E-state index contributed by atoms with van der Waals surface area (Å²) in [5.74, 6) is -1.65. The van der Waals surface area contributed by atoms with E-state index in [1.165, 1.54) is 4.90 Å². The summed E-state index contributed by atoms with van der Waals surface area (Å²) in [5, 5.41) is 9.44. The summed E-state index contributed by atoms with van der Waals surface area (Å²) in [5.41, 5.74) is 7.87. The highest BCUT2D eigenvalue weighted by atomic mass is 16.5. The summed E-state index contributed by atoms with van der Waals surface area (Å²) >= 11 is 0. The maximum atomic E-state index is 12.6. The minimum Gasteiger partial charge on any atom is -0.480 e. The van der Waals surface area contributed by atoms with Crippen LogP contribution in [0.4, 0.5) is 0 Å². The largest absolute Gasteiger partial charge is 0.480 e. The molecule has 3 rings (SSSR count). The van der Waals surface area contributed by atoms with Crippen LogP contribution in [-0.4, -0.2) is 47.2 Å². The lowest BCUT2D eigenvalue weighted by Crippen LogP contribution is -2.53. The molecule has 0 aromatic heterocycles. The third kappa shape index (κ3) is 2.52. The molecular formula is C15H18N2O4. The summed E-state index contributed by atoms with van der Waals surface area (Å²) in [6.45, 7) is 0.929. The van der Waals surface area contributed by atoms with Crippen LogP contribution in [0.5, 0.6) is 0 Å². The van der Waals surface area contributed by atoms with Crippen molar-refractivity contribution in [3.8, 4) is 0 Å². The Bertz CT molecular complexity index is 575. The van der Waals surface area contributed by atoms with Gasteiger partial charge in [0.05, 0.1) is 19.1 Å². The number of carboxylic acid groups (broad SMARTS) is 1. The number of carboxylic acids is 1. The van der Waals surface area contributed by atoms with E-state index in [0.717, 1.165) is 11.1 Å². The van der Waals surface area contributed by atoms with Gasteiger partial charge in [0.15, 0.2) is 0 Å². The van der Waals surface area contributed by atoms with Crippen LogP contribution >= 0.6 is 0 Å². The van der Waals surface area contributed by atoms with Gasteiger partial charge in [-0.2, -0.15) is 0 Å². The summed E-state index contributed by atoms with van der Waals surface area (Å²) in [7, 11) is 0. The van der Waals surface area contributed by atoms with Gasteiger partial charge in [0.1, 0.15) is 6.04 Å². The van der Waals surface area contributed by atoms with Crippen LogP contribution in [-0.2, 0) is 27.3 Å². The van der Waals surface area contributed by atoms with E-state index in [1.807, 2.05) is 24.3 Å². The van der Waals surface area contributed by atoms with Gasteiger partial charge >= 0.3 is 5.97 Å². The Balaban J connectivity index is 1.89. The van der Waals surface area contributed by atoms with Crippen LogP contribution in [0.2, 0.25) is 0 Å². The average Bonchev–Trinajstić information content (AvgIpc) is 2.91. The molecule has 0 aliphatic carbocycles. The van der Waals surface area contributed by atoms with Gasteiger partial charge in [-0.05, 0) is 11.1 Å². The molecule has 0 radical (unpaired) electrons. The molecule has 2 aliphatic heterocycles. The van der Waals surface area contributed by atoms with E-state index < -0.39 is 17.9 Å². The van der Waals surface area contributed by atoms with Crippen molar-refractivity contribution >= 4 is 11.9 Å². The molecule has 3 N–H and O–H groups in total. The highest BCUT2D eigenvalue weighted by molar-refractivity contribution is 5.86. The van der Waals surface area contributed by atoms with Crippen LogP contribution in [0.25, 0.3) is 0 Å². The molecule has 1 aromatic rings. The summed E-state index contributed by atoms with van der Waals surface area (Å²) in [6.07, 6.45) is 0.333. The Morgan fingerprint density at radius 3 is 2.57 bits per heavy atom. The number of fused-ring (bicyclic) bond motifs is 1. The Labute approximate surface area is 122 Å². The van der Waals surface area contributed by atoms with E-state index in [0.29, 0.717) is 19.6 Å². The SMILES string of the molecule is NC1COCC1C(=O)N1Cc2ccccc2CC1C(=O)O. The maximum Gasteiger partial charge on any atom is 0.326 e.